The van der Waals surface area contributed by atoms with Gasteiger partial charge in [-0.25, -0.2) is 23.2 Å². The number of amides is 1. The lowest BCUT2D eigenvalue weighted by Crippen LogP contribution is -2.34. The fraction of sp³-hybridized carbons (Fsp3) is 0.154. The van der Waals surface area contributed by atoms with E-state index in [1.807, 2.05) is 66.2 Å². The fourth-order valence-corrected chi connectivity index (χ4v) is 4.67. The van der Waals surface area contributed by atoms with Crippen LogP contribution < -0.4 is 10.5 Å². The van der Waals surface area contributed by atoms with Crippen LogP contribution >= 0.6 is 0 Å². The maximum atomic E-state index is 13.4. The quantitative estimate of drug-likeness (QED) is 0.326. The number of rotatable bonds is 8. The molecule has 0 aliphatic carbocycles. The van der Waals surface area contributed by atoms with Crippen molar-refractivity contribution in [2.45, 2.75) is 23.9 Å². The van der Waals surface area contributed by atoms with Gasteiger partial charge >= 0.3 is 0 Å². The molecule has 0 spiro atoms. The molecule has 0 fully saturated rings. The van der Waals surface area contributed by atoms with Crippen molar-refractivity contribution in [3.8, 4) is 11.3 Å². The molecule has 1 atom stereocenters. The molecule has 0 saturated carbocycles. The van der Waals surface area contributed by atoms with Crippen LogP contribution in [0.3, 0.4) is 0 Å². The number of primary sulfonamides is 1. The predicted octanol–water partition coefficient (Wildman–Crippen LogP) is 2.58. The minimum Gasteiger partial charge on any atom is -0.347 e. The van der Waals surface area contributed by atoms with E-state index in [9.17, 15) is 13.2 Å². The molecule has 5 rings (SSSR count). The number of sulfonamides is 1. The van der Waals surface area contributed by atoms with Gasteiger partial charge in [-0.05, 0) is 29.8 Å². The van der Waals surface area contributed by atoms with Gasteiger partial charge in [-0.2, -0.15) is 0 Å². The number of aromatic nitrogens is 5. The van der Waals surface area contributed by atoms with Crippen molar-refractivity contribution < 1.29 is 13.2 Å². The molecule has 188 valence electrons. The first kappa shape index (κ1) is 24.3. The molecule has 10 nitrogen and oxygen atoms in total. The highest BCUT2D eigenvalue weighted by Gasteiger charge is 2.24. The summed E-state index contributed by atoms with van der Waals surface area (Å²) in [6.45, 7) is 0.256. The average Bonchev–Trinajstić information content (AvgIpc) is 3.51. The minimum atomic E-state index is -3.80. The average molecular weight is 516 g/mol. The Morgan fingerprint density at radius 3 is 2.41 bits per heavy atom. The van der Waals surface area contributed by atoms with E-state index in [-0.39, 0.29) is 17.3 Å². The Morgan fingerprint density at radius 1 is 1.00 bits per heavy atom. The van der Waals surface area contributed by atoms with Crippen molar-refractivity contribution in [2.24, 2.45) is 12.2 Å². The zero-order chi connectivity index (χ0) is 26.0. The lowest BCUT2D eigenvalue weighted by molar-refractivity contribution is -0.124. The van der Waals surface area contributed by atoms with Gasteiger partial charge in [0.05, 0.1) is 28.7 Å². The van der Waals surface area contributed by atoms with E-state index in [1.165, 1.54) is 16.8 Å². The predicted molar refractivity (Wildman–Crippen MR) is 139 cm³/mol. The van der Waals surface area contributed by atoms with Crippen LogP contribution in [0.15, 0.2) is 90.0 Å². The first-order valence-electron chi connectivity index (χ1n) is 11.6. The molecule has 0 radical (unpaired) electrons. The van der Waals surface area contributed by atoms with Crippen LogP contribution in [-0.4, -0.2) is 38.9 Å². The monoisotopic (exact) mass is 515 g/mol. The Bertz CT molecular complexity index is 1660. The van der Waals surface area contributed by atoms with Gasteiger partial charge < -0.3 is 9.88 Å². The summed E-state index contributed by atoms with van der Waals surface area (Å²) in [6.07, 6.45) is 2.08. The van der Waals surface area contributed by atoms with E-state index in [4.69, 9.17) is 5.14 Å². The highest BCUT2D eigenvalue weighted by molar-refractivity contribution is 7.89. The van der Waals surface area contributed by atoms with Gasteiger partial charge in [0.2, 0.25) is 15.9 Å². The number of carbonyl (C=O) groups excluding carboxylic acids is 1. The van der Waals surface area contributed by atoms with Crippen LogP contribution in [-0.2, 0) is 34.8 Å². The number of fused-ring (bicyclic) bond motifs is 1. The molecule has 0 aliphatic heterocycles. The number of aryl methyl sites for hydroxylation is 1. The van der Waals surface area contributed by atoms with Gasteiger partial charge in [0, 0.05) is 19.0 Å². The Kier molecular flexibility index (Phi) is 6.55. The lowest BCUT2D eigenvalue weighted by atomic mass is 10.1. The molecule has 1 amide bonds. The molecule has 5 aromatic rings. The van der Waals surface area contributed by atoms with Gasteiger partial charge in [0.25, 0.3) is 0 Å². The van der Waals surface area contributed by atoms with Crippen LogP contribution in [0.5, 0.6) is 0 Å². The molecule has 2 aromatic heterocycles. The molecule has 3 N–H and O–H groups in total. The largest absolute Gasteiger partial charge is 0.347 e. The zero-order valence-corrected chi connectivity index (χ0v) is 20.8. The van der Waals surface area contributed by atoms with Crippen molar-refractivity contribution in [1.29, 1.82) is 0 Å². The first-order chi connectivity index (χ1) is 17.8. The number of nitrogens with zero attached hydrogens (tertiary/aromatic N) is 5. The summed E-state index contributed by atoms with van der Waals surface area (Å²) in [7, 11) is -1.88. The third-order valence-electron chi connectivity index (χ3n) is 6.18. The van der Waals surface area contributed by atoms with Crippen molar-refractivity contribution in [3.05, 3.63) is 96.4 Å². The smallest absolute Gasteiger partial charge is 0.245 e. The van der Waals surface area contributed by atoms with E-state index in [1.54, 1.807) is 18.3 Å². The fourth-order valence-electron chi connectivity index (χ4n) is 4.16. The van der Waals surface area contributed by atoms with Crippen LogP contribution in [0, 0.1) is 0 Å². The lowest BCUT2D eigenvalue weighted by Gasteiger charge is -2.17. The maximum absolute atomic E-state index is 13.4. The van der Waals surface area contributed by atoms with Crippen molar-refractivity contribution in [1.82, 2.24) is 29.9 Å². The van der Waals surface area contributed by atoms with Crippen molar-refractivity contribution in [3.63, 3.8) is 0 Å². The summed E-state index contributed by atoms with van der Waals surface area (Å²) in [4.78, 5) is 18.1. The van der Waals surface area contributed by atoms with Crippen molar-refractivity contribution in [2.75, 3.05) is 0 Å². The highest BCUT2D eigenvalue weighted by Crippen LogP contribution is 2.22. The van der Waals surface area contributed by atoms with Crippen LogP contribution in [0.1, 0.15) is 17.4 Å². The summed E-state index contributed by atoms with van der Waals surface area (Å²) in [5, 5.41) is 16.6. The topological polar surface area (TPSA) is 138 Å². The minimum absolute atomic E-state index is 0.00641. The zero-order valence-electron chi connectivity index (χ0n) is 20.0. The summed E-state index contributed by atoms with van der Waals surface area (Å²) >= 11 is 0. The molecular formula is C26H25N7O3S. The van der Waals surface area contributed by atoms with E-state index < -0.39 is 16.1 Å². The molecule has 0 bridgehead atoms. The second-order valence-electron chi connectivity index (χ2n) is 8.65. The normalized spacial score (nSPS) is 12.5. The standard InChI is InChI=1S/C26H25N7O3S/c1-32-23-10-6-5-9-21(23)29-25(32)16-28-26(34)24(15-18-7-3-2-4-8-18)33-17-22(30-31-33)19-11-13-20(14-12-19)37(27,35)36/h2-14,17,24H,15-16H2,1H3,(H,28,34)(H2,27,35,36). The summed E-state index contributed by atoms with van der Waals surface area (Å²) in [5.41, 5.74) is 3.98. The second-order valence-corrected chi connectivity index (χ2v) is 10.2. The molecule has 1 unspecified atom stereocenters. The van der Waals surface area contributed by atoms with Crippen LogP contribution in [0.25, 0.3) is 22.3 Å². The molecular weight excluding hydrogens is 490 g/mol. The summed E-state index contributed by atoms with van der Waals surface area (Å²) in [5.74, 6) is 0.513. The van der Waals surface area contributed by atoms with Gasteiger partial charge in [0.1, 0.15) is 17.6 Å². The maximum Gasteiger partial charge on any atom is 0.245 e. The SMILES string of the molecule is Cn1c(CNC(=O)C(Cc2ccccc2)n2cc(-c3ccc(S(N)(=O)=O)cc3)nn2)nc2ccccc21. The number of hydrogen-bond donors (Lipinski definition) is 2. The van der Waals surface area contributed by atoms with E-state index in [0.29, 0.717) is 17.7 Å². The Hall–Kier alpha value is -4.35. The number of hydrogen-bond acceptors (Lipinski definition) is 6. The van der Waals surface area contributed by atoms with Gasteiger partial charge in [0.15, 0.2) is 0 Å². The number of para-hydroxylation sites is 2. The third kappa shape index (κ3) is 5.27. The van der Waals surface area contributed by atoms with Crippen LogP contribution in [0.4, 0.5) is 0 Å². The number of nitrogens with one attached hydrogen (secondary N) is 1. The third-order valence-corrected chi connectivity index (χ3v) is 7.11. The Labute approximate surface area is 213 Å². The summed E-state index contributed by atoms with van der Waals surface area (Å²) < 4.78 is 26.6. The van der Waals surface area contributed by atoms with E-state index in [2.05, 4.69) is 20.6 Å². The van der Waals surface area contributed by atoms with Gasteiger partial charge in [-0.1, -0.05) is 59.8 Å². The van der Waals surface area contributed by atoms with Crippen molar-refractivity contribution >= 4 is 27.0 Å². The van der Waals surface area contributed by atoms with Gasteiger partial charge in [-0.15, -0.1) is 5.10 Å². The Balaban J connectivity index is 1.39. The number of carbonyl (C=O) groups is 1. The summed E-state index contributed by atoms with van der Waals surface area (Å²) in [6, 6.07) is 22.8. The molecule has 2 heterocycles. The number of benzene rings is 3. The van der Waals surface area contributed by atoms with Crippen LogP contribution in [0.2, 0.25) is 0 Å². The van der Waals surface area contributed by atoms with Gasteiger partial charge in [-0.3, -0.25) is 4.79 Å². The van der Waals surface area contributed by atoms with E-state index >= 15 is 0 Å². The number of imidazole rings is 1. The molecule has 0 aliphatic rings. The highest BCUT2D eigenvalue weighted by atomic mass is 32.2. The Morgan fingerprint density at radius 2 is 1.70 bits per heavy atom. The molecule has 3 aromatic carbocycles. The first-order valence-corrected chi connectivity index (χ1v) is 13.1. The molecule has 0 saturated heterocycles. The molecule has 11 heteroatoms. The van der Waals surface area contributed by atoms with E-state index in [0.717, 1.165) is 22.4 Å². The second kappa shape index (κ2) is 9.96. The molecule has 37 heavy (non-hydrogen) atoms. The number of nitrogens with two attached hydrogens (primary N) is 1.